The first-order valence-electron chi connectivity index (χ1n) is 16.4. The van der Waals surface area contributed by atoms with Gasteiger partial charge in [0.05, 0.1) is 0 Å². The Bertz CT molecular complexity index is 2080. The summed E-state index contributed by atoms with van der Waals surface area (Å²) in [6.07, 6.45) is 3.54. The van der Waals surface area contributed by atoms with E-state index in [4.69, 9.17) is 9.82 Å². The minimum Gasteiger partial charge on any atom is -0.477 e. The van der Waals surface area contributed by atoms with E-state index in [9.17, 15) is 19.5 Å². The lowest BCUT2D eigenvalue weighted by atomic mass is 9.77. The number of hydrogen-bond donors (Lipinski definition) is 3. The fraction of sp³-hybridized carbons (Fsp3) is 0.125. The van der Waals surface area contributed by atoms with Gasteiger partial charge in [-0.25, -0.2) is 9.78 Å². The average molecular weight is 728 g/mol. The molecule has 0 aliphatic carbocycles. The van der Waals surface area contributed by atoms with E-state index in [0.717, 1.165) is 22.3 Å². The molecule has 1 unspecified atom stereocenters. The van der Waals surface area contributed by atoms with Gasteiger partial charge in [0.2, 0.25) is 0 Å². The molecule has 4 aromatic carbocycles. The van der Waals surface area contributed by atoms with Gasteiger partial charge in [0.1, 0.15) is 35.5 Å². The smallest absolute Gasteiger partial charge is 0.352 e. The number of rotatable bonds is 12. The van der Waals surface area contributed by atoms with E-state index in [0.29, 0.717) is 16.5 Å². The highest BCUT2D eigenvalue weighted by Gasteiger charge is 2.54. The largest absolute Gasteiger partial charge is 0.477 e. The average Bonchev–Trinajstić information content (AvgIpc) is 3.66. The Morgan fingerprint density at radius 1 is 0.885 bits per heavy atom. The van der Waals surface area contributed by atoms with Crippen molar-refractivity contribution in [2.75, 3.05) is 18.2 Å². The fourth-order valence-corrected chi connectivity index (χ4v) is 8.49. The molecule has 7 rings (SSSR count). The first-order chi connectivity index (χ1) is 25.4. The standard InChI is InChI=1S/C40H33N5O5S2/c1-50-44-32(35(46)42-33-36(47)45-34(38(48)49)27(24-51-37(33)45)23-22-26-14-6-2-7-15-26)31-25-52-39(41-31)43-40(28-16-8-3-9-17-28,29-18-10-4-11-19-29)30-20-12-5-13-21-30/h2-23,25,33,37H,24H2,1H3,(H,41,43)(H,42,46)(H,48,49)/t33?,37-/m1/s1. The monoisotopic (exact) mass is 727 g/mol. The second-order valence-corrected chi connectivity index (χ2v) is 13.9. The fourth-order valence-electron chi connectivity index (χ4n) is 6.42. The first-order valence-corrected chi connectivity index (χ1v) is 18.3. The molecule has 1 fully saturated rings. The van der Waals surface area contributed by atoms with E-state index in [1.165, 1.54) is 35.1 Å². The number of thiazole rings is 1. The molecule has 2 amide bonds. The number of aliphatic carboxylic acids is 1. The van der Waals surface area contributed by atoms with Crippen molar-refractivity contribution in [1.82, 2.24) is 15.2 Å². The number of oxime groups is 1. The number of amides is 2. The van der Waals surface area contributed by atoms with E-state index >= 15 is 0 Å². The van der Waals surface area contributed by atoms with Crippen LogP contribution in [0.15, 0.2) is 149 Å². The molecule has 5 aromatic rings. The highest BCUT2D eigenvalue weighted by atomic mass is 32.2. The Morgan fingerprint density at radius 3 is 1.98 bits per heavy atom. The van der Waals surface area contributed by atoms with Crippen molar-refractivity contribution in [1.29, 1.82) is 0 Å². The lowest BCUT2D eigenvalue weighted by Gasteiger charge is -2.49. The zero-order chi connectivity index (χ0) is 36.1. The third kappa shape index (κ3) is 6.61. The summed E-state index contributed by atoms with van der Waals surface area (Å²) in [5.41, 5.74) is 3.56. The van der Waals surface area contributed by atoms with Gasteiger partial charge in [-0.1, -0.05) is 139 Å². The van der Waals surface area contributed by atoms with Gasteiger partial charge in [-0.05, 0) is 27.8 Å². The third-order valence-corrected chi connectivity index (χ3v) is 10.9. The minimum absolute atomic E-state index is 0.0915. The van der Waals surface area contributed by atoms with Crippen LogP contribution >= 0.6 is 23.1 Å². The van der Waals surface area contributed by atoms with Crippen LogP contribution in [0, 0.1) is 0 Å². The maximum Gasteiger partial charge on any atom is 0.352 e. The number of carbonyl (C=O) groups is 3. The molecule has 1 saturated heterocycles. The number of β-lactam (4-membered cyclic amide) rings is 1. The van der Waals surface area contributed by atoms with Gasteiger partial charge in [0.25, 0.3) is 11.8 Å². The van der Waals surface area contributed by atoms with Gasteiger partial charge < -0.3 is 20.6 Å². The van der Waals surface area contributed by atoms with Crippen molar-refractivity contribution in [2.45, 2.75) is 17.0 Å². The number of hydrogen-bond acceptors (Lipinski definition) is 9. The molecule has 3 N–H and O–H groups in total. The summed E-state index contributed by atoms with van der Waals surface area (Å²) in [6, 6.07) is 38.7. The summed E-state index contributed by atoms with van der Waals surface area (Å²) in [7, 11) is 1.33. The molecule has 2 aliphatic heterocycles. The number of anilines is 1. The molecule has 1 aromatic heterocycles. The molecule has 2 atom stereocenters. The van der Waals surface area contributed by atoms with Crippen LogP contribution in [0.25, 0.3) is 6.08 Å². The summed E-state index contributed by atoms with van der Waals surface area (Å²) in [4.78, 5) is 50.6. The number of thioether (sulfide) groups is 1. The number of carboxylic acids is 1. The van der Waals surface area contributed by atoms with Crippen molar-refractivity contribution in [3.05, 3.63) is 172 Å². The highest BCUT2D eigenvalue weighted by Crippen LogP contribution is 2.42. The minimum atomic E-state index is -1.21. The lowest BCUT2D eigenvalue weighted by molar-refractivity contribution is -0.150. The quantitative estimate of drug-likeness (QED) is 0.0587. The molecule has 0 radical (unpaired) electrons. The maximum atomic E-state index is 13.8. The van der Waals surface area contributed by atoms with Crippen molar-refractivity contribution >= 4 is 57.8 Å². The van der Waals surface area contributed by atoms with E-state index in [-0.39, 0.29) is 17.1 Å². The van der Waals surface area contributed by atoms with Crippen LogP contribution in [-0.2, 0) is 24.8 Å². The third-order valence-electron chi connectivity index (χ3n) is 8.82. The molecule has 3 heterocycles. The van der Waals surface area contributed by atoms with Crippen molar-refractivity contribution in [3.63, 3.8) is 0 Å². The predicted molar refractivity (Wildman–Crippen MR) is 204 cm³/mol. The summed E-state index contributed by atoms with van der Waals surface area (Å²) < 4.78 is 0. The van der Waals surface area contributed by atoms with E-state index in [1.54, 1.807) is 11.5 Å². The van der Waals surface area contributed by atoms with Gasteiger partial charge >= 0.3 is 5.97 Å². The van der Waals surface area contributed by atoms with Crippen molar-refractivity contribution in [2.24, 2.45) is 5.16 Å². The van der Waals surface area contributed by atoms with Gasteiger partial charge in [-0.15, -0.1) is 23.1 Å². The number of fused-ring (bicyclic) bond motifs is 1. The molecule has 10 nitrogen and oxygen atoms in total. The van der Waals surface area contributed by atoms with Crippen molar-refractivity contribution < 1.29 is 24.3 Å². The molecule has 0 saturated carbocycles. The topological polar surface area (TPSA) is 133 Å². The summed E-state index contributed by atoms with van der Waals surface area (Å²) >= 11 is 2.68. The maximum absolute atomic E-state index is 13.8. The molecule has 52 heavy (non-hydrogen) atoms. The Kier molecular flexibility index (Phi) is 10.0. The summed E-state index contributed by atoms with van der Waals surface area (Å²) in [5, 5.41) is 22.2. The molecule has 2 aliphatic rings. The number of carbonyl (C=O) groups excluding carboxylic acids is 2. The van der Waals surface area contributed by atoms with E-state index in [1.807, 2.05) is 91.0 Å². The van der Waals surface area contributed by atoms with Crippen LogP contribution in [0.1, 0.15) is 27.9 Å². The number of benzene rings is 4. The number of allylic oxidation sites excluding steroid dienone is 1. The molecular formula is C40H33N5O5S2. The summed E-state index contributed by atoms with van der Waals surface area (Å²) in [6.45, 7) is 0. The Morgan fingerprint density at radius 2 is 1.44 bits per heavy atom. The van der Waals surface area contributed by atoms with Gasteiger partial charge in [0.15, 0.2) is 10.8 Å². The van der Waals surface area contributed by atoms with Crippen LogP contribution in [0.2, 0.25) is 0 Å². The lowest BCUT2D eigenvalue weighted by Crippen LogP contribution is -2.71. The molecule has 0 bridgehead atoms. The van der Waals surface area contributed by atoms with Gasteiger partial charge in [-0.3, -0.25) is 14.5 Å². The number of aromatic nitrogens is 1. The van der Waals surface area contributed by atoms with Gasteiger partial charge in [-0.2, -0.15) is 0 Å². The van der Waals surface area contributed by atoms with E-state index < -0.39 is 34.7 Å². The van der Waals surface area contributed by atoms with Crippen LogP contribution in [-0.4, -0.2) is 62.8 Å². The Labute approximate surface area is 308 Å². The normalized spacial score (nSPS) is 17.4. The van der Waals surface area contributed by atoms with Crippen LogP contribution < -0.4 is 10.6 Å². The zero-order valence-electron chi connectivity index (χ0n) is 27.9. The number of nitrogens with zero attached hydrogens (tertiary/aromatic N) is 3. The Balaban J connectivity index is 1.14. The molecular weight excluding hydrogens is 695 g/mol. The summed E-state index contributed by atoms with van der Waals surface area (Å²) in [5.74, 6) is -2.06. The SMILES string of the molecule is CON=C(C(=O)NC1C(=O)N2C(C(=O)O)=C(C=Cc3ccccc3)CS[C@H]12)c1csc(NC(c2ccccc2)(c2ccccc2)c2ccccc2)n1. The number of nitrogens with one attached hydrogen (secondary N) is 2. The highest BCUT2D eigenvalue weighted by molar-refractivity contribution is 8.00. The van der Waals surface area contributed by atoms with Crippen molar-refractivity contribution in [3.8, 4) is 0 Å². The second-order valence-electron chi connectivity index (χ2n) is 11.9. The zero-order valence-corrected chi connectivity index (χ0v) is 29.5. The second kappa shape index (κ2) is 15.1. The predicted octanol–water partition coefficient (Wildman–Crippen LogP) is 6.35. The first kappa shape index (κ1) is 34.5. The van der Waals surface area contributed by atoms with Crippen LogP contribution in [0.3, 0.4) is 0 Å². The van der Waals surface area contributed by atoms with Crippen LogP contribution in [0.5, 0.6) is 0 Å². The number of carboxylic acid groups (broad SMARTS) is 1. The van der Waals surface area contributed by atoms with E-state index in [2.05, 4.69) is 52.2 Å². The molecule has 12 heteroatoms. The van der Waals surface area contributed by atoms with Crippen LogP contribution in [0.4, 0.5) is 5.13 Å². The molecule has 0 spiro atoms. The molecule has 260 valence electrons. The van der Waals surface area contributed by atoms with Gasteiger partial charge in [0, 0.05) is 11.1 Å². The Hall–Kier alpha value is -5.98.